The smallest absolute Gasteiger partial charge is 0.0478 e. The molecule has 0 saturated carbocycles. The van der Waals surface area contributed by atoms with Crippen LogP contribution in [0.3, 0.4) is 0 Å². The predicted octanol–water partition coefficient (Wildman–Crippen LogP) is 6.83. The molecule has 0 aromatic heterocycles. The standard InChI is InChI=1S/C17H27NO.C14H29NO/c1-3-9-17(10-4-1)11-7-15-19-16-8-14-18-12-5-2-6-13-18;1-14(2,3)8-13-16-12-7-11-15-9-5-4-6-10-15/h1,3-4,9-10H,2,5-8,11-16H2;4-13H2,1-3H3. The maximum absolute atomic E-state index is 5.72. The van der Waals surface area contributed by atoms with E-state index in [0.29, 0.717) is 5.41 Å². The summed E-state index contributed by atoms with van der Waals surface area (Å²) >= 11 is 0. The van der Waals surface area contributed by atoms with Crippen molar-refractivity contribution in [2.24, 2.45) is 5.41 Å². The fraction of sp³-hybridized carbons (Fsp3) is 0.806. The maximum atomic E-state index is 5.72. The quantitative estimate of drug-likeness (QED) is 0.268. The maximum Gasteiger partial charge on any atom is 0.0478 e. The van der Waals surface area contributed by atoms with Gasteiger partial charge in [0.15, 0.2) is 0 Å². The van der Waals surface area contributed by atoms with Crippen LogP contribution >= 0.6 is 0 Å². The Balaban J connectivity index is 0.000000251. The van der Waals surface area contributed by atoms with E-state index < -0.39 is 0 Å². The van der Waals surface area contributed by atoms with Gasteiger partial charge in [-0.05, 0) is 94.9 Å². The average molecular weight is 489 g/mol. The van der Waals surface area contributed by atoms with Gasteiger partial charge < -0.3 is 19.3 Å². The van der Waals surface area contributed by atoms with Crippen molar-refractivity contribution in [2.75, 3.05) is 65.7 Å². The lowest BCUT2D eigenvalue weighted by Crippen LogP contribution is -2.31. The summed E-state index contributed by atoms with van der Waals surface area (Å²) in [5.41, 5.74) is 1.83. The van der Waals surface area contributed by atoms with Gasteiger partial charge in [-0.1, -0.05) is 63.9 Å². The Bertz CT molecular complexity index is 590. The van der Waals surface area contributed by atoms with E-state index in [2.05, 4.69) is 60.9 Å². The number of benzene rings is 1. The van der Waals surface area contributed by atoms with E-state index in [4.69, 9.17) is 9.47 Å². The number of rotatable bonds is 14. The lowest BCUT2D eigenvalue weighted by molar-refractivity contribution is 0.0961. The van der Waals surface area contributed by atoms with Gasteiger partial charge in [0.25, 0.3) is 0 Å². The Kier molecular flexibility index (Phi) is 16.6. The highest BCUT2D eigenvalue weighted by Crippen LogP contribution is 2.18. The third-order valence-corrected chi connectivity index (χ3v) is 7.02. The molecule has 0 radical (unpaired) electrons. The SMILES string of the molecule is CC(C)(C)CCOCCCN1CCCCC1.c1ccc(CCCOCCCN2CCCCC2)cc1. The normalized spacial score (nSPS) is 17.7. The van der Waals surface area contributed by atoms with Gasteiger partial charge in [-0.15, -0.1) is 0 Å². The van der Waals surface area contributed by atoms with E-state index in [1.807, 2.05) is 0 Å². The first-order valence-electron chi connectivity index (χ1n) is 14.7. The Morgan fingerprint density at radius 3 is 1.63 bits per heavy atom. The molecule has 202 valence electrons. The van der Waals surface area contributed by atoms with Crippen molar-refractivity contribution < 1.29 is 9.47 Å². The molecule has 2 saturated heterocycles. The van der Waals surface area contributed by atoms with Gasteiger partial charge >= 0.3 is 0 Å². The van der Waals surface area contributed by atoms with E-state index in [1.54, 1.807) is 0 Å². The van der Waals surface area contributed by atoms with Gasteiger partial charge in [-0.3, -0.25) is 0 Å². The van der Waals surface area contributed by atoms with Gasteiger partial charge in [-0.25, -0.2) is 0 Å². The van der Waals surface area contributed by atoms with Crippen LogP contribution in [0.2, 0.25) is 0 Å². The Labute approximate surface area is 217 Å². The molecule has 0 amide bonds. The van der Waals surface area contributed by atoms with Crippen LogP contribution in [0.15, 0.2) is 30.3 Å². The molecular formula is C31H56N2O2. The molecule has 0 N–H and O–H groups in total. The van der Waals surface area contributed by atoms with Crippen LogP contribution in [0.5, 0.6) is 0 Å². The average Bonchev–Trinajstić information content (AvgIpc) is 2.87. The van der Waals surface area contributed by atoms with E-state index in [-0.39, 0.29) is 0 Å². The van der Waals surface area contributed by atoms with Gasteiger partial charge in [0.05, 0.1) is 0 Å². The molecule has 4 nitrogen and oxygen atoms in total. The van der Waals surface area contributed by atoms with E-state index >= 15 is 0 Å². The largest absolute Gasteiger partial charge is 0.381 e. The highest BCUT2D eigenvalue weighted by atomic mass is 16.5. The Morgan fingerprint density at radius 1 is 0.629 bits per heavy atom. The zero-order valence-electron chi connectivity index (χ0n) is 23.4. The number of ether oxygens (including phenoxy) is 2. The van der Waals surface area contributed by atoms with Crippen LogP contribution in [-0.4, -0.2) is 75.5 Å². The molecule has 1 aromatic rings. The second-order valence-corrected chi connectivity index (χ2v) is 11.6. The van der Waals surface area contributed by atoms with Gasteiger partial charge in [0, 0.05) is 39.5 Å². The molecule has 0 aliphatic carbocycles. The van der Waals surface area contributed by atoms with Crippen LogP contribution in [0.1, 0.15) is 90.5 Å². The van der Waals surface area contributed by atoms with Gasteiger partial charge in [0.1, 0.15) is 0 Å². The van der Waals surface area contributed by atoms with E-state index in [9.17, 15) is 0 Å². The molecule has 2 aliphatic heterocycles. The number of likely N-dealkylation sites (tertiary alicyclic amines) is 2. The number of aryl methyl sites for hydroxylation is 1. The van der Waals surface area contributed by atoms with Crippen molar-refractivity contribution in [1.82, 2.24) is 9.80 Å². The summed E-state index contributed by atoms with van der Waals surface area (Å²) < 4.78 is 11.4. The predicted molar refractivity (Wildman–Crippen MR) is 150 cm³/mol. The van der Waals surface area contributed by atoms with E-state index in [0.717, 1.165) is 45.7 Å². The van der Waals surface area contributed by atoms with Crippen molar-refractivity contribution in [1.29, 1.82) is 0 Å². The number of piperidine rings is 2. The number of hydrogen-bond donors (Lipinski definition) is 0. The first kappa shape index (κ1) is 30.3. The molecule has 3 rings (SSSR count). The lowest BCUT2D eigenvalue weighted by atomic mass is 9.93. The van der Waals surface area contributed by atoms with Gasteiger partial charge in [-0.2, -0.15) is 0 Å². The number of hydrogen-bond acceptors (Lipinski definition) is 4. The topological polar surface area (TPSA) is 24.9 Å². The molecular weight excluding hydrogens is 432 g/mol. The summed E-state index contributed by atoms with van der Waals surface area (Å²) in [5, 5.41) is 0. The van der Waals surface area contributed by atoms with Crippen LogP contribution in [0, 0.1) is 5.41 Å². The molecule has 0 atom stereocenters. The molecule has 4 heteroatoms. The highest BCUT2D eigenvalue weighted by Gasteiger charge is 2.11. The molecule has 2 fully saturated rings. The summed E-state index contributed by atoms with van der Waals surface area (Å²) in [6.45, 7) is 18.1. The van der Waals surface area contributed by atoms with Crippen molar-refractivity contribution in [3.8, 4) is 0 Å². The van der Waals surface area contributed by atoms with Crippen molar-refractivity contribution in [3.63, 3.8) is 0 Å². The lowest BCUT2D eigenvalue weighted by Gasteiger charge is -2.26. The van der Waals surface area contributed by atoms with Gasteiger partial charge in [0.2, 0.25) is 0 Å². The summed E-state index contributed by atoms with van der Waals surface area (Å²) in [7, 11) is 0. The second-order valence-electron chi connectivity index (χ2n) is 11.6. The molecule has 1 aromatic carbocycles. The zero-order chi connectivity index (χ0) is 25.0. The monoisotopic (exact) mass is 488 g/mol. The Hall–Kier alpha value is -0.940. The molecule has 0 unspecified atom stereocenters. The first-order chi connectivity index (χ1) is 17.0. The molecule has 2 heterocycles. The summed E-state index contributed by atoms with van der Waals surface area (Å²) in [6.07, 6.45) is 14.2. The molecule has 2 aliphatic rings. The van der Waals surface area contributed by atoms with Crippen molar-refractivity contribution in [2.45, 2.75) is 91.4 Å². The third-order valence-electron chi connectivity index (χ3n) is 7.02. The molecule has 0 spiro atoms. The molecule has 0 bridgehead atoms. The van der Waals surface area contributed by atoms with Crippen molar-refractivity contribution in [3.05, 3.63) is 35.9 Å². The van der Waals surface area contributed by atoms with Crippen LogP contribution in [0.25, 0.3) is 0 Å². The second kappa shape index (κ2) is 19.2. The zero-order valence-corrected chi connectivity index (χ0v) is 23.4. The van der Waals surface area contributed by atoms with Crippen LogP contribution in [-0.2, 0) is 15.9 Å². The minimum absolute atomic E-state index is 0.410. The summed E-state index contributed by atoms with van der Waals surface area (Å²) in [5.74, 6) is 0. The van der Waals surface area contributed by atoms with Crippen molar-refractivity contribution >= 4 is 0 Å². The third kappa shape index (κ3) is 17.2. The summed E-state index contributed by atoms with van der Waals surface area (Å²) in [6, 6.07) is 10.7. The minimum atomic E-state index is 0.410. The van der Waals surface area contributed by atoms with Crippen LogP contribution in [0.4, 0.5) is 0 Å². The fourth-order valence-corrected chi connectivity index (χ4v) is 4.75. The highest BCUT2D eigenvalue weighted by molar-refractivity contribution is 5.14. The fourth-order valence-electron chi connectivity index (χ4n) is 4.75. The first-order valence-corrected chi connectivity index (χ1v) is 14.7. The molecule has 35 heavy (non-hydrogen) atoms. The summed E-state index contributed by atoms with van der Waals surface area (Å²) in [4.78, 5) is 5.16. The minimum Gasteiger partial charge on any atom is -0.381 e. The van der Waals surface area contributed by atoms with Crippen LogP contribution < -0.4 is 0 Å². The number of nitrogens with zero attached hydrogens (tertiary/aromatic N) is 2. The van der Waals surface area contributed by atoms with E-state index in [1.165, 1.54) is 96.2 Å². The Morgan fingerprint density at radius 2 is 1.11 bits per heavy atom.